The standard InChI is InChI=1S/C19H32N4O2S/c1-4-6-7-8-12-22(11-5-2)19(26)23-14-16(24)21(3)17(18(23)25)15-9-10-20-13-15/h9,17,20H,4-8,10-14H2,1-3H3. The van der Waals surface area contributed by atoms with Crippen LogP contribution >= 0.6 is 12.2 Å². The molecule has 1 unspecified atom stereocenters. The van der Waals surface area contributed by atoms with Crippen molar-refractivity contribution in [1.29, 1.82) is 0 Å². The first-order chi connectivity index (χ1) is 12.5. The largest absolute Gasteiger partial charge is 0.349 e. The van der Waals surface area contributed by atoms with Crippen LogP contribution in [0.25, 0.3) is 0 Å². The van der Waals surface area contributed by atoms with Crippen molar-refractivity contribution in [2.45, 2.75) is 52.0 Å². The third-order valence-electron chi connectivity index (χ3n) is 5.04. The van der Waals surface area contributed by atoms with Crippen LogP contribution in [-0.4, -0.2) is 77.4 Å². The summed E-state index contributed by atoms with van der Waals surface area (Å²) in [5, 5.41) is 3.71. The molecule has 0 radical (unpaired) electrons. The molecule has 0 saturated carbocycles. The summed E-state index contributed by atoms with van der Waals surface area (Å²) in [5.41, 5.74) is 0.961. The van der Waals surface area contributed by atoms with Crippen molar-refractivity contribution in [1.82, 2.24) is 20.0 Å². The van der Waals surface area contributed by atoms with Gasteiger partial charge in [-0.1, -0.05) is 39.2 Å². The molecule has 7 heteroatoms. The van der Waals surface area contributed by atoms with E-state index in [1.165, 1.54) is 17.7 Å². The number of piperazine rings is 1. The van der Waals surface area contributed by atoms with Crippen LogP contribution in [0.1, 0.15) is 46.0 Å². The zero-order chi connectivity index (χ0) is 19.1. The first-order valence-corrected chi connectivity index (χ1v) is 10.2. The third-order valence-corrected chi connectivity index (χ3v) is 5.52. The lowest BCUT2D eigenvalue weighted by Gasteiger charge is -2.41. The van der Waals surface area contributed by atoms with Gasteiger partial charge in [-0.3, -0.25) is 14.5 Å². The van der Waals surface area contributed by atoms with Gasteiger partial charge in [0.05, 0.1) is 0 Å². The number of hydrogen-bond acceptors (Lipinski definition) is 4. The van der Waals surface area contributed by atoms with Crippen molar-refractivity contribution in [3.05, 3.63) is 11.6 Å². The number of rotatable bonds is 8. The Labute approximate surface area is 162 Å². The lowest BCUT2D eigenvalue weighted by molar-refractivity contribution is -0.149. The summed E-state index contributed by atoms with van der Waals surface area (Å²) >= 11 is 5.66. The monoisotopic (exact) mass is 380 g/mol. The number of hydrogen-bond donors (Lipinski definition) is 1. The van der Waals surface area contributed by atoms with Gasteiger partial charge < -0.3 is 15.1 Å². The maximum Gasteiger partial charge on any atom is 0.256 e. The van der Waals surface area contributed by atoms with Crippen molar-refractivity contribution in [3.63, 3.8) is 0 Å². The molecule has 2 heterocycles. The third kappa shape index (κ3) is 4.82. The highest BCUT2D eigenvalue weighted by Gasteiger charge is 2.42. The average molecular weight is 381 g/mol. The highest BCUT2D eigenvalue weighted by molar-refractivity contribution is 7.80. The molecule has 6 nitrogen and oxygen atoms in total. The van der Waals surface area contributed by atoms with Gasteiger partial charge in [0, 0.05) is 33.2 Å². The molecule has 0 bridgehead atoms. The van der Waals surface area contributed by atoms with E-state index < -0.39 is 6.04 Å². The van der Waals surface area contributed by atoms with Gasteiger partial charge in [0.15, 0.2) is 5.11 Å². The number of thiocarbonyl (C=S) groups is 1. The first kappa shape index (κ1) is 20.8. The highest BCUT2D eigenvalue weighted by atomic mass is 32.1. The molecule has 0 aromatic carbocycles. The molecule has 146 valence electrons. The average Bonchev–Trinajstić information content (AvgIpc) is 3.14. The van der Waals surface area contributed by atoms with Gasteiger partial charge in [0.2, 0.25) is 5.91 Å². The summed E-state index contributed by atoms with van der Waals surface area (Å²) in [6, 6.07) is -0.534. The second-order valence-electron chi connectivity index (χ2n) is 7.07. The van der Waals surface area contributed by atoms with Crippen molar-refractivity contribution >= 4 is 29.1 Å². The molecule has 1 fully saturated rings. The maximum absolute atomic E-state index is 13.1. The van der Waals surface area contributed by atoms with Crippen LogP contribution in [0, 0.1) is 0 Å². The Balaban J connectivity index is 2.11. The summed E-state index contributed by atoms with van der Waals surface area (Å²) in [6.07, 6.45) is 7.59. The molecule has 0 aliphatic carbocycles. The first-order valence-electron chi connectivity index (χ1n) is 9.76. The number of nitrogens with one attached hydrogen (secondary N) is 1. The van der Waals surface area contributed by atoms with E-state index in [2.05, 4.69) is 24.1 Å². The molecular weight excluding hydrogens is 348 g/mol. The zero-order valence-corrected chi connectivity index (χ0v) is 17.1. The van der Waals surface area contributed by atoms with Crippen LogP contribution in [0.3, 0.4) is 0 Å². The number of unbranched alkanes of at least 4 members (excludes halogenated alkanes) is 3. The molecule has 2 aliphatic rings. The number of carbonyl (C=O) groups is 2. The van der Waals surface area contributed by atoms with Crippen molar-refractivity contribution < 1.29 is 9.59 Å². The summed E-state index contributed by atoms with van der Waals surface area (Å²) in [6.45, 7) is 7.38. The minimum Gasteiger partial charge on any atom is -0.349 e. The minimum absolute atomic E-state index is 0.0422. The van der Waals surface area contributed by atoms with Crippen molar-refractivity contribution in [2.75, 3.05) is 39.8 Å². The van der Waals surface area contributed by atoms with Gasteiger partial charge in [0.1, 0.15) is 12.6 Å². The van der Waals surface area contributed by atoms with Gasteiger partial charge in [-0.05, 0) is 30.6 Å². The number of carbonyl (C=O) groups excluding carboxylic acids is 2. The fourth-order valence-corrected chi connectivity index (χ4v) is 3.86. The van der Waals surface area contributed by atoms with E-state index in [4.69, 9.17) is 12.2 Å². The van der Waals surface area contributed by atoms with Gasteiger partial charge in [-0.2, -0.15) is 0 Å². The van der Waals surface area contributed by atoms with Gasteiger partial charge in [-0.15, -0.1) is 0 Å². The van der Waals surface area contributed by atoms with Crippen molar-refractivity contribution in [3.8, 4) is 0 Å². The van der Waals surface area contributed by atoms with Crippen LogP contribution in [0.2, 0.25) is 0 Å². The van der Waals surface area contributed by atoms with E-state index in [9.17, 15) is 9.59 Å². The summed E-state index contributed by atoms with van der Waals surface area (Å²) in [4.78, 5) is 30.8. The van der Waals surface area contributed by atoms with Crippen LogP contribution in [-0.2, 0) is 9.59 Å². The molecular formula is C19H32N4O2S. The fourth-order valence-electron chi connectivity index (χ4n) is 3.52. The zero-order valence-electron chi connectivity index (χ0n) is 16.3. The predicted molar refractivity (Wildman–Crippen MR) is 108 cm³/mol. The molecule has 2 rings (SSSR count). The Morgan fingerprint density at radius 1 is 1.23 bits per heavy atom. The smallest absolute Gasteiger partial charge is 0.256 e. The van der Waals surface area contributed by atoms with Crippen LogP contribution < -0.4 is 5.32 Å². The van der Waals surface area contributed by atoms with Crippen LogP contribution in [0.5, 0.6) is 0 Å². The molecule has 2 amide bonds. The Kier molecular flexibility index (Phi) is 8.03. The second-order valence-corrected chi connectivity index (χ2v) is 7.44. The summed E-state index contributed by atoms with van der Waals surface area (Å²) in [7, 11) is 1.71. The molecule has 0 spiro atoms. The van der Waals surface area contributed by atoms with E-state index in [1.807, 2.05) is 6.08 Å². The maximum atomic E-state index is 13.1. The molecule has 0 aromatic rings. The van der Waals surface area contributed by atoms with E-state index in [1.54, 1.807) is 11.9 Å². The minimum atomic E-state index is -0.534. The second kappa shape index (κ2) is 10.0. The van der Waals surface area contributed by atoms with Gasteiger partial charge in [0.25, 0.3) is 5.91 Å². The van der Waals surface area contributed by atoms with Crippen molar-refractivity contribution in [2.24, 2.45) is 0 Å². The molecule has 26 heavy (non-hydrogen) atoms. The molecule has 0 aromatic heterocycles. The lowest BCUT2D eigenvalue weighted by Crippen LogP contribution is -2.62. The molecule has 1 N–H and O–H groups in total. The highest BCUT2D eigenvalue weighted by Crippen LogP contribution is 2.21. The number of likely N-dealkylation sites (N-methyl/N-ethyl adjacent to an activating group) is 1. The SMILES string of the molecule is CCCCCCN(CCC)C(=S)N1CC(=O)N(C)C(C2=CCNC2)C1=O. The lowest BCUT2D eigenvalue weighted by atomic mass is 10.0. The molecule has 1 saturated heterocycles. The van der Waals surface area contributed by atoms with E-state index in [-0.39, 0.29) is 18.4 Å². The summed E-state index contributed by atoms with van der Waals surface area (Å²) < 4.78 is 0. The topological polar surface area (TPSA) is 55.9 Å². The van der Waals surface area contributed by atoms with Crippen LogP contribution in [0.15, 0.2) is 11.6 Å². The number of nitrogens with zero attached hydrogens (tertiary/aromatic N) is 3. The molecule has 2 aliphatic heterocycles. The van der Waals surface area contributed by atoms with E-state index >= 15 is 0 Å². The van der Waals surface area contributed by atoms with E-state index in [0.717, 1.165) is 44.5 Å². The Hall–Kier alpha value is -1.47. The normalized spacial score (nSPS) is 20.6. The quantitative estimate of drug-likeness (QED) is 0.395. The Morgan fingerprint density at radius 2 is 2.00 bits per heavy atom. The Morgan fingerprint density at radius 3 is 2.62 bits per heavy atom. The van der Waals surface area contributed by atoms with Crippen LogP contribution in [0.4, 0.5) is 0 Å². The molecule has 1 atom stereocenters. The van der Waals surface area contributed by atoms with E-state index in [0.29, 0.717) is 11.7 Å². The Bertz CT molecular complexity index is 564. The predicted octanol–water partition coefficient (Wildman–Crippen LogP) is 1.76. The van der Waals surface area contributed by atoms with Gasteiger partial charge >= 0.3 is 0 Å². The number of amides is 2. The summed E-state index contributed by atoms with van der Waals surface area (Å²) in [5.74, 6) is -0.145. The fraction of sp³-hybridized carbons (Fsp3) is 0.737. The van der Waals surface area contributed by atoms with Gasteiger partial charge in [-0.25, -0.2) is 0 Å².